The molecule has 18 heavy (non-hydrogen) atoms. The van der Waals surface area contributed by atoms with E-state index in [4.69, 9.17) is 5.14 Å². The maximum atomic E-state index is 11.5. The Hall–Kier alpha value is -0.520. The van der Waals surface area contributed by atoms with Gasteiger partial charge in [-0.3, -0.25) is 5.14 Å². The van der Waals surface area contributed by atoms with Crippen molar-refractivity contribution < 1.29 is 4.21 Å². The lowest BCUT2D eigenvalue weighted by Gasteiger charge is -2.26. The van der Waals surface area contributed by atoms with Crippen LogP contribution in [0.2, 0.25) is 0 Å². The molecule has 1 unspecified atom stereocenters. The van der Waals surface area contributed by atoms with E-state index in [0.717, 1.165) is 16.7 Å². The summed E-state index contributed by atoms with van der Waals surface area (Å²) in [4.78, 5) is 4.46. The summed E-state index contributed by atoms with van der Waals surface area (Å²) in [5.74, 6) is 0.183. The minimum Gasteiger partial charge on any atom is -0.251 e. The smallest absolute Gasteiger partial charge is 0.106 e. The Bertz CT molecular complexity index is 448. The van der Waals surface area contributed by atoms with Gasteiger partial charge in [0.25, 0.3) is 0 Å². The first-order valence-electron chi connectivity index (χ1n) is 5.76. The molecule has 0 aliphatic carbocycles. The van der Waals surface area contributed by atoms with E-state index in [-0.39, 0.29) is 5.92 Å². The van der Waals surface area contributed by atoms with Crippen molar-refractivity contribution in [1.82, 2.24) is 4.98 Å². The molecule has 1 heterocycles. The van der Waals surface area contributed by atoms with Gasteiger partial charge in [-0.2, -0.15) is 0 Å². The molecule has 100 valence electrons. The molecule has 0 aliphatic heterocycles. The summed E-state index contributed by atoms with van der Waals surface area (Å²) in [5, 5.41) is 5.54. The number of nitrogens with zero attached hydrogens (tertiary/aromatic N) is 1. The number of hydrogen-bond acceptors (Lipinski definition) is 2. The zero-order valence-electron chi connectivity index (χ0n) is 10.7. The van der Waals surface area contributed by atoms with Crippen molar-refractivity contribution in [1.29, 1.82) is 0 Å². The minimum atomic E-state index is -1.35. The highest BCUT2D eigenvalue weighted by Gasteiger charge is 2.28. The van der Waals surface area contributed by atoms with Crippen LogP contribution in [-0.2, 0) is 11.0 Å². The second kappa shape index (κ2) is 6.59. The number of pyridine rings is 1. The predicted molar refractivity (Wildman–Crippen MR) is 80.5 cm³/mol. The summed E-state index contributed by atoms with van der Waals surface area (Å²) in [6.07, 6.45) is 3.37. The van der Waals surface area contributed by atoms with Crippen LogP contribution in [0.5, 0.6) is 0 Å². The Balaban J connectivity index is 2.96. The first kappa shape index (κ1) is 15.5. The summed E-state index contributed by atoms with van der Waals surface area (Å²) in [6.45, 7) is 7.60. The van der Waals surface area contributed by atoms with Crippen LogP contribution in [0.25, 0.3) is 0 Å². The third-order valence-electron chi connectivity index (χ3n) is 2.89. The maximum absolute atomic E-state index is 11.5. The van der Waals surface area contributed by atoms with E-state index in [1.54, 1.807) is 0 Å². The predicted octanol–water partition coefficient (Wildman–Crippen LogP) is 3.29. The van der Waals surface area contributed by atoms with Crippen LogP contribution in [0.3, 0.4) is 0 Å². The maximum Gasteiger partial charge on any atom is 0.106 e. The van der Waals surface area contributed by atoms with Gasteiger partial charge >= 0.3 is 0 Å². The van der Waals surface area contributed by atoms with Crippen molar-refractivity contribution in [3.63, 3.8) is 0 Å². The highest BCUT2D eigenvalue weighted by atomic mass is 79.9. The zero-order valence-corrected chi connectivity index (χ0v) is 13.1. The van der Waals surface area contributed by atoms with E-state index >= 15 is 0 Å². The Morgan fingerprint density at radius 1 is 1.61 bits per heavy atom. The lowest BCUT2D eigenvalue weighted by atomic mass is 9.90. The average Bonchev–Trinajstić information content (AvgIpc) is 2.28. The Morgan fingerprint density at radius 2 is 2.28 bits per heavy atom. The molecule has 0 bridgehead atoms. The van der Waals surface area contributed by atoms with E-state index in [1.165, 1.54) is 0 Å². The molecule has 0 saturated carbocycles. The van der Waals surface area contributed by atoms with Gasteiger partial charge in [-0.05, 0) is 54.8 Å². The van der Waals surface area contributed by atoms with Gasteiger partial charge in [0.15, 0.2) is 0 Å². The van der Waals surface area contributed by atoms with Crippen LogP contribution < -0.4 is 5.14 Å². The number of rotatable bonds is 6. The fourth-order valence-electron chi connectivity index (χ4n) is 1.84. The molecule has 1 aromatic rings. The van der Waals surface area contributed by atoms with E-state index in [9.17, 15) is 4.21 Å². The summed E-state index contributed by atoms with van der Waals surface area (Å²) in [7, 11) is -1.35. The molecule has 1 rings (SSSR count). The lowest BCUT2D eigenvalue weighted by Crippen LogP contribution is -2.33. The largest absolute Gasteiger partial charge is 0.251 e. The fourth-order valence-corrected chi connectivity index (χ4v) is 2.56. The first-order valence-corrected chi connectivity index (χ1v) is 7.77. The number of allylic oxidation sites excluding steroid dienone is 1. The van der Waals surface area contributed by atoms with Gasteiger partial charge in [-0.25, -0.2) is 9.19 Å². The van der Waals surface area contributed by atoms with Gasteiger partial charge < -0.3 is 0 Å². The normalized spacial score (nSPS) is 15.1. The molecule has 2 N–H and O–H groups in total. The number of aromatic nitrogens is 1. The third kappa shape index (κ3) is 4.30. The van der Waals surface area contributed by atoms with Crippen molar-refractivity contribution in [3.8, 4) is 0 Å². The highest BCUT2D eigenvalue weighted by molar-refractivity contribution is 9.10. The fraction of sp³-hybridized carbons (Fsp3) is 0.462. The van der Waals surface area contributed by atoms with E-state index in [0.29, 0.717) is 6.42 Å². The van der Waals surface area contributed by atoms with Crippen LogP contribution in [0.1, 0.15) is 38.3 Å². The SMILES string of the molecule is C=CC[C@@H](CC(C)(C)S(N)=O)c1cccc(Br)n1. The molecular formula is C13H19BrN2OS. The number of hydrogen-bond donors (Lipinski definition) is 1. The standard InChI is InChI=1S/C13H19BrN2OS/c1-4-6-10(9-13(2,3)18(15)17)11-7-5-8-12(14)16-11/h4-5,7-8,10H,1,6,9,15H2,2-3H3/t10-,18?/m0/s1. The average molecular weight is 331 g/mol. The molecule has 0 amide bonds. The number of nitrogens with two attached hydrogens (primary N) is 1. The van der Waals surface area contributed by atoms with Crippen LogP contribution in [0, 0.1) is 0 Å². The van der Waals surface area contributed by atoms with Crippen molar-refractivity contribution in [3.05, 3.63) is 41.2 Å². The van der Waals surface area contributed by atoms with Gasteiger partial charge in [0.1, 0.15) is 4.60 Å². The molecule has 3 nitrogen and oxygen atoms in total. The van der Waals surface area contributed by atoms with Crippen molar-refractivity contribution >= 4 is 26.9 Å². The summed E-state index contributed by atoms with van der Waals surface area (Å²) in [6, 6.07) is 5.82. The Labute approximate surface area is 120 Å². The number of halogens is 1. The van der Waals surface area contributed by atoms with Gasteiger partial charge in [-0.15, -0.1) is 6.58 Å². The van der Waals surface area contributed by atoms with Gasteiger partial charge in [0.2, 0.25) is 0 Å². The van der Waals surface area contributed by atoms with Crippen molar-refractivity contribution in [2.75, 3.05) is 0 Å². The molecule has 0 spiro atoms. The van der Waals surface area contributed by atoms with Gasteiger partial charge in [0.05, 0.1) is 15.7 Å². The molecule has 0 aromatic carbocycles. The zero-order chi connectivity index (χ0) is 13.8. The molecular weight excluding hydrogens is 312 g/mol. The lowest BCUT2D eigenvalue weighted by molar-refractivity contribution is 0.512. The van der Waals surface area contributed by atoms with Crippen LogP contribution >= 0.6 is 15.9 Å². The van der Waals surface area contributed by atoms with Crippen molar-refractivity contribution in [2.45, 2.75) is 37.4 Å². The Kier molecular flexibility index (Phi) is 5.69. The topological polar surface area (TPSA) is 56.0 Å². The molecule has 0 fully saturated rings. The highest BCUT2D eigenvalue weighted by Crippen LogP contribution is 2.31. The minimum absolute atomic E-state index is 0.183. The molecule has 1 aromatic heterocycles. The second-order valence-corrected chi connectivity index (χ2v) is 7.38. The Morgan fingerprint density at radius 3 is 2.78 bits per heavy atom. The van der Waals surface area contributed by atoms with Gasteiger partial charge in [-0.1, -0.05) is 12.1 Å². The summed E-state index contributed by atoms with van der Waals surface area (Å²) in [5.41, 5.74) is 0.975. The van der Waals surface area contributed by atoms with Crippen molar-refractivity contribution in [2.24, 2.45) is 5.14 Å². The first-order chi connectivity index (χ1) is 8.36. The van der Waals surface area contributed by atoms with Crippen LogP contribution in [0.15, 0.2) is 35.5 Å². The summed E-state index contributed by atoms with van der Waals surface area (Å²) < 4.78 is 11.9. The molecule has 5 heteroatoms. The molecule has 0 radical (unpaired) electrons. The van der Waals surface area contributed by atoms with E-state index in [2.05, 4.69) is 27.5 Å². The monoisotopic (exact) mass is 330 g/mol. The van der Waals surface area contributed by atoms with E-state index < -0.39 is 15.7 Å². The quantitative estimate of drug-likeness (QED) is 0.642. The summed E-state index contributed by atoms with van der Waals surface area (Å²) >= 11 is 3.37. The van der Waals surface area contributed by atoms with Gasteiger partial charge in [0, 0.05) is 11.6 Å². The van der Waals surface area contributed by atoms with Crippen LogP contribution in [-0.4, -0.2) is 13.9 Å². The van der Waals surface area contributed by atoms with Crippen LogP contribution in [0.4, 0.5) is 0 Å². The van der Waals surface area contributed by atoms with E-state index in [1.807, 2.05) is 38.1 Å². The second-order valence-electron chi connectivity index (χ2n) is 4.87. The third-order valence-corrected chi connectivity index (χ3v) is 4.59. The molecule has 2 atom stereocenters. The molecule has 0 saturated heterocycles. The molecule has 0 aliphatic rings.